The van der Waals surface area contributed by atoms with Crippen LogP contribution < -0.4 is 11.1 Å². The Kier molecular flexibility index (Phi) is 6.42. The van der Waals surface area contributed by atoms with Crippen LogP contribution in [0.1, 0.15) is 12.8 Å². The molecule has 1 aliphatic heterocycles. The molecule has 1 N–H and O–H groups in total. The summed E-state index contributed by atoms with van der Waals surface area (Å²) in [5, 5.41) is 2.74. The van der Waals surface area contributed by atoms with E-state index in [4.69, 9.17) is 13.9 Å². The fraction of sp³-hybridized carbons (Fsp3) is 0.556. The highest BCUT2D eigenvalue weighted by Crippen LogP contribution is 2.26. The first kappa shape index (κ1) is 21.5. The molecule has 11 heteroatoms. The van der Waals surface area contributed by atoms with Crippen molar-refractivity contribution in [3.63, 3.8) is 0 Å². The van der Waals surface area contributed by atoms with E-state index in [9.17, 15) is 18.0 Å². The maximum absolute atomic E-state index is 13.1. The molecule has 0 bridgehead atoms. The molecule has 1 aliphatic rings. The first-order chi connectivity index (χ1) is 13.8. The second-order valence-corrected chi connectivity index (χ2v) is 8.84. The lowest BCUT2D eigenvalue weighted by molar-refractivity contribution is -0.131. The van der Waals surface area contributed by atoms with Crippen LogP contribution >= 0.6 is 0 Å². The molecule has 0 radical (unpaired) electrons. The van der Waals surface area contributed by atoms with E-state index in [1.807, 2.05) is 0 Å². The number of nitrogens with zero attached hydrogens (tertiary/aromatic N) is 2. The van der Waals surface area contributed by atoms with Gasteiger partial charge in [-0.15, -0.1) is 0 Å². The van der Waals surface area contributed by atoms with Crippen LogP contribution in [0.4, 0.5) is 0 Å². The van der Waals surface area contributed by atoms with Crippen LogP contribution in [0.2, 0.25) is 0 Å². The summed E-state index contributed by atoms with van der Waals surface area (Å²) in [6.07, 6.45) is 0.599. The quantitative estimate of drug-likeness (QED) is 0.630. The number of oxazole rings is 1. The topological polar surface area (TPSA) is 120 Å². The zero-order valence-corrected chi connectivity index (χ0v) is 17.4. The number of hydrogen-bond acceptors (Lipinski definition) is 7. The van der Waals surface area contributed by atoms with Crippen LogP contribution in [0.15, 0.2) is 32.3 Å². The molecule has 1 aromatic carbocycles. The Morgan fingerprint density at radius 3 is 2.76 bits per heavy atom. The lowest BCUT2D eigenvalue weighted by Crippen LogP contribution is -2.46. The Bertz CT molecular complexity index is 1040. The summed E-state index contributed by atoms with van der Waals surface area (Å²) < 4.78 is 43.9. The molecule has 0 saturated carbocycles. The number of benzene rings is 1. The van der Waals surface area contributed by atoms with E-state index < -0.39 is 28.0 Å². The van der Waals surface area contributed by atoms with Crippen LogP contribution in [0.25, 0.3) is 11.1 Å². The van der Waals surface area contributed by atoms with E-state index in [0.717, 1.165) is 0 Å². The second-order valence-electron chi connectivity index (χ2n) is 6.90. The molecule has 10 nitrogen and oxygen atoms in total. The van der Waals surface area contributed by atoms with E-state index in [2.05, 4.69) is 5.32 Å². The Labute approximate surface area is 168 Å². The molecule has 2 heterocycles. The van der Waals surface area contributed by atoms with Gasteiger partial charge in [-0.1, -0.05) is 0 Å². The van der Waals surface area contributed by atoms with Gasteiger partial charge in [0, 0.05) is 40.4 Å². The molecule has 0 spiro atoms. The Hall–Kier alpha value is -2.21. The summed E-state index contributed by atoms with van der Waals surface area (Å²) >= 11 is 0. The number of hydrogen-bond donors (Lipinski definition) is 1. The average molecular weight is 427 g/mol. The molecule has 1 saturated heterocycles. The van der Waals surface area contributed by atoms with Crippen molar-refractivity contribution in [3.8, 4) is 0 Å². The number of amides is 1. The molecule has 29 heavy (non-hydrogen) atoms. The third-order valence-corrected chi connectivity index (χ3v) is 6.99. The molecule has 0 unspecified atom stereocenters. The number of nitrogens with one attached hydrogen (secondary N) is 1. The largest absolute Gasteiger partial charge is 0.419 e. The number of ether oxygens (including phenoxy) is 2. The molecule has 1 atom stereocenters. The van der Waals surface area contributed by atoms with Crippen molar-refractivity contribution in [2.45, 2.75) is 24.0 Å². The molecule has 1 amide bonds. The minimum Gasteiger partial charge on any atom is -0.408 e. The van der Waals surface area contributed by atoms with Crippen LogP contribution in [0, 0.1) is 5.92 Å². The summed E-state index contributed by atoms with van der Waals surface area (Å²) in [6, 6.07) is 4.33. The molecular formula is C18H25N3O7S. The first-order valence-corrected chi connectivity index (χ1v) is 10.6. The van der Waals surface area contributed by atoms with Gasteiger partial charge in [0.1, 0.15) is 0 Å². The SMILES string of the molecule is COC(CNC(=O)[C@@H]1CCCN(S(=O)(=O)c2ccc3c(c2)oc(=O)n3C)C1)OC. The Morgan fingerprint density at radius 2 is 2.07 bits per heavy atom. The maximum atomic E-state index is 13.1. The molecule has 1 fully saturated rings. The number of sulfonamides is 1. The van der Waals surface area contributed by atoms with Gasteiger partial charge in [-0.3, -0.25) is 9.36 Å². The average Bonchev–Trinajstić information content (AvgIpc) is 3.01. The predicted molar refractivity (Wildman–Crippen MR) is 104 cm³/mol. The van der Waals surface area contributed by atoms with Gasteiger partial charge in [-0.05, 0) is 25.0 Å². The van der Waals surface area contributed by atoms with Gasteiger partial charge in [-0.2, -0.15) is 4.31 Å². The Morgan fingerprint density at radius 1 is 1.34 bits per heavy atom. The molecule has 3 rings (SSSR count). The summed E-state index contributed by atoms with van der Waals surface area (Å²) in [5.74, 6) is -1.27. The highest BCUT2D eigenvalue weighted by Gasteiger charge is 2.33. The molecule has 0 aliphatic carbocycles. The number of aryl methyl sites for hydroxylation is 1. The maximum Gasteiger partial charge on any atom is 0.419 e. The number of aromatic nitrogens is 1. The van der Waals surface area contributed by atoms with Gasteiger partial charge in [0.25, 0.3) is 0 Å². The fourth-order valence-electron chi connectivity index (χ4n) is 3.39. The van der Waals surface area contributed by atoms with Gasteiger partial charge in [-0.25, -0.2) is 13.2 Å². The van der Waals surface area contributed by atoms with Gasteiger partial charge >= 0.3 is 5.76 Å². The molecule has 160 valence electrons. The number of rotatable bonds is 7. The lowest BCUT2D eigenvalue weighted by Gasteiger charge is -2.31. The van der Waals surface area contributed by atoms with E-state index in [0.29, 0.717) is 24.9 Å². The number of methoxy groups -OCH3 is 2. The fourth-order valence-corrected chi connectivity index (χ4v) is 4.93. The second kappa shape index (κ2) is 8.66. The zero-order valence-electron chi connectivity index (χ0n) is 16.6. The smallest absolute Gasteiger partial charge is 0.408 e. The van der Waals surface area contributed by atoms with Gasteiger partial charge in [0.15, 0.2) is 11.9 Å². The van der Waals surface area contributed by atoms with Crippen molar-refractivity contribution >= 4 is 27.0 Å². The standard InChI is InChI=1S/C18H25N3O7S/c1-20-14-7-6-13(9-15(14)28-18(20)23)29(24,25)21-8-4-5-12(11-21)17(22)19-10-16(26-2)27-3/h6-7,9,12,16H,4-5,8,10-11H2,1-3H3,(H,19,22)/t12-/m1/s1. The van der Waals surface area contributed by atoms with E-state index >= 15 is 0 Å². The van der Waals surface area contributed by atoms with Crippen LogP contribution in [0.5, 0.6) is 0 Å². The summed E-state index contributed by atoms with van der Waals surface area (Å²) in [6.45, 7) is 0.579. The van der Waals surface area contributed by atoms with Crippen LogP contribution in [-0.4, -0.2) is 63.3 Å². The van der Waals surface area contributed by atoms with Crippen molar-refractivity contribution < 1.29 is 27.1 Å². The normalized spacial score (nSPS) is 18.4. The van der Waals surface area contributed by atoms with Crippen LogP contribution in [-0.2, 0) is 31.3 Å². The van der Waals surface area contributed by atoms with Crippen LogP contribution in [0.3, 0.4) is 0 Å². The highest BCUT2D eigenvalue weighted by molar-refractivity contribution is 7.89. The monoisotopic (exact) mass is 427 g/mol. The number of fused-ring (bicyclic) bond motifs is 1. The Balaban J connectivity index is 1.75. The lowest BCUT2D eigenvalue weighted by atomic mass is 9.99. The van der Waals surface area contributed by atoms with Gasteiger partial charge < -0.3 is 19.2 Å². The van der Waals surface area contributed by atoms with Crippen molar-refractivity contribution in [1.29, 1.82) is 0 Å². The van der Waals surface area contributed by atoms with E-state index in [1.54, 1.807) is 7.05 Å². The third kappa shape index (κ3) is 4.37. The molecular weight excluding hydrogens is 402 g/mol. The summed E-state index contributed by atoms with van der Waals surface area (Å²) in [4.78, 5) is 24.1. The summed E-state index contributed by atoms with van der Waals surface area (Å²) in [7, 11) is 0.664. The third-order valence-electron chi connectivity index (χ3n) is 5.13. The predicted octanol–water partition coefficient (Wildman–Crippen LogP) is 0.267. The van der Waals surface area contributed by atoms with E-state index in [1.165, 1.54) is 41.3 Å². The van der Waals surface area contributed by atoms with E-state index in [-0.39, 0.29) is 29.5 Å². The molecule has 2 aromatic rings. The zero-order chi connectivity index (χ0) is 21.2. The number of piperidine rings is 1. The minimum atomic E-state index is -3.83. The number of carbonyl (C=O) groups excluding carboxylic acids is 1. The summed E-state index contributed by atoms with van der Waals surface area (Å²) in [5.41, 5.74) is 0.714. The molecule has 1 aromatic heterocycles. The minimum absolute atomic E-state index is 0.0271. The van der Waals surface area contributed by atoms with Gasteiger partial charge in [0.05, 0.1) is 22.9 Å². The number of carbonyl (C=O) groups is 1. The first-order valence-electron chi connectivity index (χ1n) is 9.21. The van der Waals surface area contributed by atoms with Crippen molar-refractivity contribution in [2.24, 2.45) is 13.0 Å². The van der Waals surface area contributed by atoms with Gasteiger partial charge in [0.2, 0.25) is 15.9 Å². The van der Waals surface area contributed by atoms with Crippen molar-refractivity contribution in [1.82, 2.24) is 14.2 Å². The highest BCUT2D eigenvalue weighted by atomic mass is 32.2. The van der Waals surface area contributed by atoms with Crippen molar-refractivity contribution in [2.75, 3.05) is 33.9 Å². The van der Waals surface area contributed by atoms with Crippen molar-refractivity contribution in [3.05, 3.63) is 28.7 Å².